The normalized spacial score (nSPS) is 19.9. The first kappa shape index (κ1) is 10.8. The molecule has 3 rings (SSSR count). The summed E-state index contributed by atoms with van der Waals surface area (Å²) in [4.78, 5) is 5.60. The minimum atomic E-state index is -0.0978. The van der Waals surface area contributed by atoms with Crippen LogP contribution < -0.4 is 0 Å². The van der Waals surface area contributed by atoms with Crippen molar-refractivity contribution in [1.29, 1.82) is 0 Å². The van der Waals surface area contributed by atoms with Crippen molar-refractivity contribution in [2.45, 2.75) is 25.3 Å². The van der Waals surface area contributed by atoms with E-state index in [1.165, 1.54) is 11.3 Å². The smallest absolute Gasteiger partial charge is 0.132 e. The van der Waals surface area contributed by atoms with Gasteiger partial charge in [0.2, 0.25) is 0 Å². The molecule has 2 nitrogen and oxygen atoms in total. The molecule has 17 heavy (non-hydrogen) atoms. The third-order valence-electron chi connectivity index (χ3n) is 3.86. The summed E-state index contributed by atoms with van der Waals surface area (Å²) >= 11 is 0. The van der Waals surface area contributed by atoms with Crippen LogP contribution in [0, 0.1) is 5.82 Å². The number of rotatable bonds is 1. The Morgan fingerprint density at radius 1 is 1.35 bits per heavy atom. The van der Waals surface area contributed by atoms with E-state index in [9.17, 15) is 4.39 Å². The van der Waals surface area contributed by atoms with Crippen LogP contribution in [0.4, 0.5) is 4.39 Å². The molecule has 90 valence electrons. The number of halogens is 1. The molecule has 0 fully saturated rings. The van der Waals surface area contributed by atoms with E-state index < -0.39 is 0 Å². The molecule has 0 bridgehead atoms. The molecule has 0 saturated carbocycles. The number of benzene rings is 1. The van der Waals surface area contributed by atoms with E-state index in [4.69, 9.17) is 0 Å². The second-order valence-electron chi connectivity index (χ2n) is 5.10. The summed E-state index contributed by atoms with van der Waals surface area (Å²) in [6.07, 6.45) is 3.12. The van der Waals surface area contributed by atoms with E-state index in [-0.39, 0.29) is 5.82 Å². The van der Waals surface area contributed by atoms with Crippen molar-refractivity contribution in [3.63, 3.8) is 0 Å². The Morgan fingerprint density at radius 3 is 2.94 bits per heavy atom. The largest absolute Gasteiger partial charge is 0.358 e. The van der Waals surface area contributed by atoms with Gasteiger partial charge >= 0.3 is 0 Å². The van der Waals surface area contributed by atoms with Gasteiger partial charge < -0.3 is 9.88 Å². The number of H-pyrrole nitrogens is 1. The summed E-state index contributed by atoms with van der Waals surface area (Å²) in [6.45, 7) is 0. The minimum absolute atomic E-state index is 0.0978. The Labute approximate surface area is 100 Å². The average molecular weight is 232 g/mol. The maximum atomic E-state index is 13.9. The van der Waals surface area contributed by atoms with Crippen LogP contribution in [0.15, 0.2) is 18.2 Å². The van der Waals surface area contributed by atoms with Gasteiger partial charge in [-0.2, -0.15) is 0 Å². The van der Waals surface area contributed by atoms with Gasteiger partial charge in [-0.1, -0.05) is 6.07 Å². The number of hydrogen-bond donors (Lipinski definition) is 1. The van der Waals surface area contributed by atoms with Gasteiger partial charge in [0.1, 0.15) is 5.82 Å². The van der Waals surface area contributed by atoms with E-state index in [0.29, 0.717) is 6.04 Å². The fourth-order valence-electron chi connectivity index (χ4n) is 2.85. The molecule has 0 aliphatic heterocycles. The van der Waals surface area contributed by atoms with Gasteiger partial charge in [0.05, 0.1) is 0 Å². The molecule has 3 heteroatoms. The van der Waals surface area contributed by atoms with E-state index in [1.807, 2.05) is 6.07 Å². The molecule has 1 aliphatic rings. The van der Waals surface area contributed by atoms with Gasteiger partial charge in [-0.15, -0.1) is 0 Å². The van der Waals surface area contributed by atoms with Crippen molar-refractivity contribution in [3.05, 3.63) is 35.3 Å². The average Bonchev–Trinajstić information content (AvgIpc) is 2.67. The highest BCUT2D eigenvalue weighted by Gasteiger charge is 2.24. The monoisotopic (exact) mass is 232 g/mol. The predicted molar refractivity (Wildman–Crippen MR) is 67.8 cm³/mol. The van der Waals surface area contributed by atoms with Crippen LogP contribution in [0.1, 0.15) is 17.7 Å². The number of nitrogens with zero attached hydrogens (tertiary/aromatic N) is 1. The first-order valence-electron chi connectivity index (χ1n) is 6.11. The van der Waals surface area contributed by atoms with Crippen molar-refractivity contribution in [2.24, 2.45) is 0 Å². The zero-order valence-corrected chi connectivity index (χ0v) is 10.3. The third kappa shape index (κ3) is 1.65. The minimum Gasteiger partial charge on any atom is -0.358 e. The maximum absolute atomic E-state index is 13.9. The van der Waals surface area contributed by atoms with Gasteiger partial charge in [-0.25, -0.2) is 4.39 Å². The lowest BCUT2D eigenvalue weighted by Gasteiger charge is -2.28. The molecule has 0 spiro atoms. The zero-order chi connectivity index (χ0) is 12.0. The second kappa shape index (κ2) is 3.84. The number of fused-ring (bicyclic) bond motifs is 3. The van der Waals surface area contributed by atoms with Crippen LogP contribution in [-0.4, -0.2) is 30.0 Å². The molecule has 0 radical (unpaired) electrons. The van der Waals surface area contributed by atoms with Crippen LogP contribution in [0.25, 0.3) is 10.9 Å². The quantitative estimate of drug-likeness (QED) is 0.801. The fourth-order valence-corrected chi connectivity index (χ4v) is 2.85. The standard InChI is InChI=1S/C14H17FN2/c1-17(2)9-6-7-12-10(8-9)14-11(15)4-3-5-13(14)16-12/h3-5,9,16H,6-8H2,1-2H3/t9-/m1/s1. The second-order valence-corrected chi connectivity index (χ2v) is 5.10. The summed E-state index contributed by atoms with van der Waals surface area (Å²) in [7, 11) is 4.20. The summed E-state index contributed by atoms with van der Waals surface area (Å²) in [5.41, 5.74) is 3.35. The van der Waals surface area contributed by atoms with Crippen LogP contribution in [0.5, 0.6) is 0 Å². The number of nitrogens with one attached hydrogen (secondary N) is 1. The first-order valence-corrected chi connectivity index (χ1v) is 6.11. The summed E-state index contributed by atoms with van der Waals surface area (Å²) in [6, 6.07) is 5.81. The number of aromatic nitrogens is 1. The zero-order valence-electron chi connectivity index (χ0n) is 10.3. The Hall–Kier alpha value is -1.35. The van der Waals surface area contributed by atoms with E-state index >= 15 is 0 Å². The lowest BCUT2D eigenvalue weighted by molar-refractivity contribution is 0.268. The lowest BCUT2D eigenvalue weighted by Crippen LogP contribution is -2.33. The van der Waals surface area contributed by atoms with Crippen molar-refractivity contribution in [3.8, 4) is 0 Å². The molecule has 2 aromatic rings. The molecule has 0 saturated heterocycles. The Morgan fingerprint density at radius 2 is 2.18 bits per heavy atom. The summed E-state index contributed by atoms with van der Waals surface area (Å²) < 4.78 is 13.9. The molecule has 1 atom stereocenters. The molecule has 1 aromatic heterocycles. The maximum Gasteiger partial charge on any atom is 0.132 e. The van der Waals surface area contributed by atoms with Crippen molar-refractivity contribution >= 4 is 10.9 Å². The molecule has 0 amide bonds. The number of likely N-dealkylation sites (N-methyl/N-ethyl adjacent to an activating group) is 1. The highest BCUT2D eigenvalue weighted by atomic mass is 19.1. The number of aromatic amines is 1. The van der Waals surface area contributed by atoms with E-state index in [0.717, 1.165) is 30.2 Å². The Bertz CT molecular complexity index is 557. The van der Waals surface area contributed by atoms with Crippen molar-refractivity contribution < 1.29 is 4.39 Å². The van der Waals surface area contributed by atoms with E-state index in [1.54, 1.807) is 12.1 Å². The van der Waals surface area contributed by atoms with Crippen molar-refractivity contribution in [1.82, 2.24) is 9.88 Å². The van der Waals surface area contributed by atoms with Gasteiger partial charge in [0.15, 0.2) is 0 Å². The molecule has 1 N–H and O–H groups in total. The molecular weight excluding hydrogens is 215 g/mol. The Kier molecular flexibility index (Phi) is 2.44. The third-order valence-corrected chi connectivity index (χ3v) is 3.86. The molecule has 1 aliphatic carbocycles. The van der Waals surface area contributed by atoms with Crippen LogP contribution in [0.2, 0.25) is 0 Å². The van der Waals surface area contributed by atoms with E-state index in [2.05, 4.69) is 24.0 Å². The molecule has 1 aromatic carbocycles. The SMILES string of the molecule is CN(C)[C@@H]1CCc2[nH]c3cccc(F)c3c2C1. The highest BCUT2D eigenvalue weighted by Crippen LogP contribution is 2.31. The van der Waals surface area contributed by atoms with Gasteiger partial charge in [-0.3, -0.25) is 0 Å². The van der Waals surface area contributed by atoms with Gasteiger partial charge in [-0.05, 0) is 51.1 Å². The number of hydrogen-bond acceptors (Lipinski definition) is 1. The Balaban J connectivity index is 2.14. The first-order chi connectivity index (χ1) is 8.16. The highest BCUT2D eigenvalue weighted by molar-refractivity contribution is 5.85. The van der Waals surface area contributed by atoms with Gasteiger partial charge in [0, 0.05) is 22.6 Å². The van der Waals surface area contributed by atoms with Crippen LogP contribution >= 0.6 is 0 Å². The predicted octanol–water partition coefficient (Wildman–Crippen LogP) is 2.73. The lowest BCUT2D eigenvalue weighted by atomic mass is 9.91. The molecular formula is C14H17FN2. The summed E-state index contributed by atoms with van der Waals surface area (Å²) in [5, 5.41) is 0.800. The summed E-state index contributed by atoms with van der Waals surface area (Å²) in [5.74, 6) is -0.0978. The fraction of sp³-hybridized carbons (Fsp3) is 0.429. The topological polar surface area (TPSA) is 19.0 Å². The van der Waals surface area contributed by atoms with Crippen LogP contribution in [0.3, 0.4) is 0 Å². The number of aryl methyl sites for hydroxylation is 1. The van der Waals surface area contributed by atoms with Crippen molar-refractivity contribution in [2.75, 3.05) is 14.1 Å². The van der Waals surface area contributed by atoms with Crippen LogP contribution in [-0.2, 0) is 12.8 Å². The molecule has 1 heterocycles. The molecule has 0 unspecified atom stereocenters. The van der Waals surface area contributed by atoms with Gasteiger partial charge in [0.25, 0.3) is 0 Å².